The zero-order chi connectivity index (χ0) is 22.1. The van der Waals surface area contributed by atoms with E-state index in [0.29, 0.717) is 30.4 Å². The number of anilines is 1. The number of carbonyl (C=O) groups is 2. The van der Waals surface area contributed by atoms with Crippen LogP contribution in [0.2, 0.25) is 0 Å². The van der Waals surface area contributed by atoms with Crippen molar-refractivity contribution in [3.05, 3.63) is 23.8 Å². The number of nitrogens with one attached hydrogen (secondary N) is 2. The Morgan fingerprint density at radius 3 is 2.65 bits per heavy atom. The third kappa shape index (κ3) is 7.58. The van der Waals surface area contributed by atoms with Crippen LogP contribution in [0.15, 0.2) is 18.2 Å². The number of thiazole rings is 1. The molecule has 0 saturated carbocycles. The summed E-state index contributed by atoms with van der Waals surface area (Å²) < 4.78 is 1.04. The molecule has 1 saturated heterocycles. The zero-order valence-electron chi connectivity index (χ0n) is 18.9. The molecule has 2 aromatic rings. The van der Waals surface area contributed by atoms with Crippen molar-refractivity contribution >= 4 is 38.5 Å². The predicted molar refractivity (Wildman–Crippen MR) is 129 cm³/mol. The minimum Gasteiger partial charge on any atom is -0.356 e. The second-order valence-electron chi connectivity index (χ2n) is 8.56. The van der Waals surface area contributed by atoms with Crippen LogP contribution >= 0.6 is 11.3 Å². The lowest BCUT2D eigenvalue weighted by Crippen LogP contribution is -2.37. The standard InChI is InChI=1S/C24H36N4O2S/c1-3-8-23(30)27-24-26-20-11-9-19(17-21(20)31-24)10-12-22(29)25-14-13-18(2)28-15-6-4-5-7-16-28/h9,11,17-18H,3-8,10,12-16H2,1-2H3,(H,25,29)(H,26,27,30)/t18-/m1/s1. The van der Waals surface area contributed by atoms with Gasteiger partial charge in [-0.3, -0.25) is 9.59 Å². The number of nitrogens with zero attached hydrogens (tertiary/aromatic N) is 2. The molecule has 6 nitrogen and oxygen atoms in total. The van der Waals surface area contributed by atoms with Crippen LogP contribution in [0.3, 0.4) is 0 Å². The van der Waals surface area contributed by atoms with Crippen LogP contribution in [0, 0.1) is 0 Å². The molecule has 1 aliphatic heterocycles. The Hall–Kier alpha value is -1.99. The van der Waals surface area contributed by atoms with Gasteiger partial charge in [-0.15, -0.1) is 0 Å². The summed E-state index contributed by atoms with van der Waals surface area (Å²) in [7, 11) is 0. The molecule has 7 heteroatoms. The van der Waals surface area contributed by atoms with E-state index in [-0.39, 0.29) is 11.8 Å². The molecule has 0 unspecified atom stereocenters. The SMILES string of the molecule is CCCC(=O)Nc1nc2ccc(CCC(=O)NCC[C@@H](C)N3CCCCCC3)cc2s1. The van der Waals surface area contributed by atoms with Crippen molar-refractivity contribution in [2.24, 2.45) is 0 Å². The van der Waals surface area contributed by atoms with Crippen LogP contribution in [0.4, 0.5) is 5.13 Å². The van der Waals surface area contributed by atoms with E-state index in [0.717, 1.165) is 35.2 Å². The third-order valence-corrected chi connectivity index (χ3v) is 6.90. The number of aromatic nitrogens is 1. The summed E-state index contributed by atoms with van der Waals surface area (Å²) in [6, 6.07) is 6.60. The summed E-state index contributed by atoms with van der Waals surface area (Å²) >= 11 is 1.48. The largest absolute Gasteiger partial charge is 0.356 e. The number of rotatable bonds is 10. The molecule has 0 spiro atoms. The predicted octanol–water partition coefficient (Wildman–Crippen LogP) is 4.74. The molecule has 170 valence electrons. The van der Waals surface area contributed by atoms with Gasteiger partial charge in [-0.25, -0.2) is 4.98 Å². The molecule has 2 amide bonds. The Morgan fingerprint density at radius 2 is 1.90 bits per heavy atom. The maximum Gasteiger partial charge on any atom is 0.226 e. The van der Waals surface area contributed by atoms with Gasteiger partial charge in [-0.1, -0.05) is 37.2 Å². The highest BCUT2D eigenvalue weighted by molar-refractivity contribution is 7.22. The Bertz CT molecular complexity index is 858. The smallest absolute Gasteiger partial charge is 0.226 e. The normalized spacial score (nSPS) is 16.1. The lowest BCUT2D eigenvalue weighted by molar-refractivity contribution is -0.121. The number of benzene rings is 1. The number of hydrogen-bond acceptors (Lipinski definition) is 5. The Kier molecular flexibility index (Phi) is 9.28. The molecule has 2 heterocycles. The van der Waals surface area contributed by atoms with Crippen molar-refractivity contribution in [1.82, 2.24) is 15.2 Å². The maximum absolute atomic E-state index is 12.3. The van der Waals surface area contributed by atoms with Crippen LogP contribution in [0.1, 0.15) is 70.8 Å². The fourth-order valence-corrected chi connectivity index (χ4v) is 5.02. The van der Waals surface area contributed by atoms with E-state index in [2.05, 4.69) is 33.5 Å². The summed E-state index contributed by atoms with van der Waals surface area (Å²) in [5, 5.41) is 6.59. The molecule has 1 fully saturated rings. The molecule has 1 aromatic carbocycles. The molecule has 3 rings (SSSR count). The van der Waals surface area contributed by atoms with Gasteiger partial charge in [0.15, 0.2) is 5.13 Å². The first-order chi connectivity index (χ1) is 15.0. The molecule has 2 N–H and O–H groups in total. The fraction of sp³-hybridized carbons (Fsp3) is 0.625. The van der Waals surface area contributed by atoms with E-state index in [1.54, 1.807) is 0 Å². The Morgan fingerprint density at radius 1 is 1.13 bits per heavy atom. The minimum absolute atomic E-state index is 0.00334. The molecule has 1 atom stereocenters. The highest BCUT2D eigenvalue weighted by atomic mass is 32.1. The average molecular weight is 445 g/mol. The first kappa shape index (κ1) is 23.7. The molecule has 1 aromatic heterocycles. The van der Waals surface area contributed by atoms with Gasteiger partial charge in [0.05, 0.1) is 10.2 Å². The van der Waals surface area contributed by atoms with E-state index in [4.69, 9.17) is 0 Å². The monoisotopic (exact) mass is 444 g/mol. The Labute approximate surface area is 189 Å². The van der Waals surface area contributed by atoms with Crippen molar-refractivity contribution < 1.29 is 9.59 Å². The first-order valence-electron chi connectivity index (χ1n) is 11.7. The highest BCUT2D eigenvalue weighted by Crippen LogP contribution is 2.27. The third-order valence-electron chi connectivity index (χ3n) is 5.97. The number of hydrogen-bond donors (Lipinski definition) is 2. The van der Waals surface area contributed by atoms with Crippen LogP contribution in [-0.4, -0.2) is 47.4 Å². The van der Waals surface area contributed by atoms with E-state index in [1.165, 1.54) is 50.1 Å². The number of likely N-dealkylation sites (tertiary alicyclic amines) is 1. The summed E-state index contributed by atoms with van der Waals surface area (Å²) in [5.74, 6) is 0.114. The van der Waals surface area contributed by atoms with Crippen LogP contribution < -0.4 is 10.6 Å². The molecule has 1 aliphatic rings. The van der Waals surface area contributed by atoms with E-state index >= 15 is 0 Å². The summed E-state index contributed by atoms with van der Waals surface area (Å²) in [6.07, 6.45) is 8.82. The van der Waals surface area contributed by atoms with Gasteiger partial charge in [0, 0.05) is 25.4 Å². The quantitative estimate of drug-likeness (QED) is 0.555. The summed E-state index contributed by atoms with van der Waals surface area (Å²) in [5.41, 5.74) is 2.00. The topological polar surface area (TPSA) is 74.3 Å². The Balaban J connectivity index is 1.41. The summed E-state index contributed by atoms with van der Waals surface area (Å²) in [4.78, 5) is 31.1. The summed E-state index contributed by atoms with van der Waals surface area (Å²) in [6.45, 7) is 7.39. The van der Waals surface area contributed by atoms with Crippen molar-refractivity contribution in [2.75, 3.05) is 25.0 Å². The fourth-order valence-electron chi connectivity index (χ4n) is 4.07. The average Bonchev–Trinajstić information content (AvgIpc) is 2.95. The van der Waals surface area contributed by atoms with Gasteiger partial charge < -0.3 is 15.5 Å². The lowest BCUT2D eigenvalue weighted by atomic mass is 10.1. The van der Waals surface area contributed by atoms with Crippen molar-refractivity contribution in [1.29, 1.82) is 0 Å². The van der Waals surface area contributed by atoms with Crippen molar-refractivity contribution in [3.8, 4) is 0 Å². The number of carbonyl (C=O) groups excluding carboxylic acids is 2. The minimum atomic E-state index is 0.00334. The lowest BCUT2D eigenvalue weighted by Gasteiger charge is -2.27. The molecular formula is C24H36N4O2S. The maximum atomic E-state index is 12.3. The molecule has 0 bridgehead atoms. The molecule has 0 radical (unpaired) electrons. The van der Waals surface area contributed by atoms with E-state index < -0.39 is 0 Å². The number of aryl methyl sites for hydroxylation is 1. The molecular weight excluding hydrogens is 408 g/mol. The van der Waals surface area contributed by atoms with Crippen LogP contribution in [0.5, 0.6) is 0 Å². The second kappa shape index (κ2) is 12.2. The van der Waals surface area contributed by atoms with Gasteiger partial charge in [-0.2, -0.15) is 0 Å². The van der Waals surface area contributed by atoms with Crippen LogP contribution in [0.25, 0.3) is 10.2 Å². The van der Waals surface area contributed by atoms with Crippen molar-refractivity contribution in [2.45, 2.75) is 77.7 Å². The van der Waals surface area contributed by atoms with Gasteiger partial charge in [-0.05, 0) is 69.8 Å². The van der Waals surface area contributed by atoms with E-state index in [1.807, 2.05) is 19.1 Å². The van der Waals surface area contributed by atoms with Gasteiger partial charge >= 0.3 is 0 Å². The molecule has 0 aliphatic carbocycles. The van der Waals surface area contributed by atoms with Gasteiger partial charge in [0.2, 0.25) is 11.8 Å². The van der Waals surface area contributed by atoms with Gasteiger partial charge in [0.25, 0.3) is 0 Å². The number of amides is 2. The van der Waals surface area contributed by atoms with Crippen LogP contribution in [-0.2, 0) is 16.0 Å². The highest BCUT2D eigenvalue weighted by Gasteiger charge is 2.15. The van der Waals surface area contributed by atoms with Gasteiger partial charge in [0.1, 0.15) is 0 Å². The zero-order valence-corrected chi connectivity index (χ0v) is 19.7. The van der Waals surface area contributed by atoms with Crippen molar-refractivity contribution in [3.63, 3.8) is 0 Å². The molecule has 31 heavy (non-hydrogen) atoms. The number of fused-ring (bicyclic) bond motifs is 1. The van der Waals surface area contributed by atoms with E-state index in [9.17, 15) is 9.59 Å². The first-order valence-corrected chi connectivity index (χ1v) is 12.6. The second-order valence-corrected chi connectivity index (χ2v) is 9.59.